The van der Waals surface area contributed by atoms with E-state index in [2.05, 4.69) is 20.0 Å². The number of aromatic nitrogens is 5. The number of halogens is 3. The van der Waals surface area contributed by atoms with Crippen molar-refractivity contribution in [1.29, 1.82) is 0 Å². The van der Waals surface area contributed by atoms with E-state index in [9.17, 15) is 4.39 Å². The number of rotatable bonds is 3. The van der Waals surface area contributed by atoms with Crippen LogP contribution in [0.1, 0.15) is 50.5 Å². The Labute approximate surface area is 264 Å². The second-order valence-corrected chi connectivity index (χ2v) is 14.5. The molecule has 9 rings (SSSR count). The molecule has 1 aromatic carbocycles. The Hall–Kier alpha value is -2.76. The van der Waals surface area contributed by atoms with Crippen LogP contribution < -0.4 is 9.64 Å². The van der Waals surface area contributed by atoms with Gasteiger partial charge in [-0.3, -0.25) is 15.0 Å². The van der Waals surface area contributed by atoms with Gasteiger partial charge in [0.1, 0.15) is 29.8 Å². The number of alkyl halides is 1. The highest BCUT2D eigenvalue weighted by Gasteiger charge is 2.49. The lowest BCUT2D eigenvalue weighted by atomic mass is 9.95. The van der Waals surface area contributed by atoms with Crippen molar-refractivity contribution in [3.8, 4) is 17.3 Å². The monoisotopic (exact) mass is 639 g/mol. The number of nitrogens with zero attached hydrogens (tertiary/aromatic N) is 6. The first kappa shape index (κ1) is 28.7. The molecule has 6 bridgehead atoms. The summed E-state index contributed by atoms with van der Waals surface area (Å²) in [5.41, 5.74) is 2.28. The van der Waals surface area contributed by atoms with Crippen LogP contribution in [0.15, 0.2) is 18.5 Å². The van der Waals surface area contributed by atoms with Crippen molar-refractivity contribution in [3.05, 3.63) is 34.9 Å². The van der Waals surface area contributed by atoms with E-state index in [-0.39, 0.29) is 29.4 Å². The van der Waals surface area contributed by atoms with Crippen molar-refractivity contribution in [3.63, 3.8) is 0 Å². The van der Waals surface area contributed by atoms with Crippen LogP contribution in [0.3, 0.4) is 0 Å². The fourth-order valence-electron chi connectivity index (χ4n) is 7.91. The second kappa shape index (κ2) is 11.6. The number of pyridine rings is 1. The molecule has 4 aromatic rings. The lowest BCUT2D eigenvalue weighted by Gasteiger charge is -2.34. The molecule has 1 N–H and O–H groups in total. The summed E-state index contributed by atoms with van der Waals surface area (Å²) in [6.07, 6.45) is 9.81. The first-order valence-corrected chi connectivity index (χ1v) is 17.4. The Morgan fingerprint density at radius 2 is 2.05 bits per heavy atom. The van der Waals surface area contributed by atoms with Gasteiger partial charge in [0.25, 0.3) is 0 Å². The van der Waals surface area contributed by atoms with Gasteiger partial charge in [-0.1, -0.05) is 11.6 Å². The van der Waals surface area contributed by atoms with Gasteiger partial charge in [-0.2, -0.15) is 26.8 Å². The third-order valence-electron chi connectivity index (χ3n) is 10.0. The number of fused-ring (bicyclic) bond motifs is 8. The van der Waals surface area contributed by atoms with Crippen molar-refractivity contribution < 1.29 is 13.5 Å². The maximum absolute atomic E-state index is 16.9. The molecule has 3 aromatic heterocycles. The van der Waals surface area contributed by atoms with Crippen molar-refractivity contribution in [1.82, 2.24) is 30.0 Å². The molecule has 12 heteroatoms. The zero-order valence-corrected chi connectivity index (χ0v) is 26.2. The number of aromatic amines is 1. The molecule has 3 saturated heterocycles. The van der Waals surface area contributed by atoms with Crippen molar-refractivity contribution in [2.75, 3.05) is 49.2 Å². The van der Waals surface area contributed by atoms with Crippen LogP contribution >= 0.6 is 23.4 Å². The number of benzene rings is 1. The van der Waals surface area contributed by atoms with Crippen LogP contribution in [0.4, 0.5) is 14.6 Å². The van der Waals surface area contributed by atoms with Gasteiger partial charge >= 0.3 is 6.01 Å². The predicted molar refractivity (Wildman–Crippen MR) is 171 cm³/mol. The Balaban J connectivity index is 1.28. The van der Waals surface area contributed by atoms with Gasteiger partial charge in [0.05, 0.1) is 22.6 Å². The molecular formula is C32H36ClF2N7OS. The minimum Gasteiger partial charge on any atom is -0.461 e. The van der Waals surface area contributed by atoms with E-state index in [1.807, 2.05) is 17.8 Å². The molecule has 3 fully saturated rings. The summed E-state index contributed by atoms with van der Waals surface area (Å²) in [6.45, 7) is 3.26. The highest BCUT2D eigenvalue weighted by molar-refractivity contribution is 7.99. The van der Waals surface area contributed by atoms with Crippen LogP contribution in [-0.4, -0.2) is 86.1 Å². The smallest absolute Gasteiger partial charge is 0.319 e. The van der Waals surface area contributed by atoms with E-state index < -0.39 is 12.0 Å². The summed E-state index contributed by atoms with van der Waals surface area (Å²) in [4.78, 5) is 18.8. The van der Waals surface area contributed by atoms with E-state index in [0.29, 0.717) is 47.1 Å². The van der Waals surface area contributed by atoms with E-state index in [1.165, 1.54) is 6.42 Å². The first-order chi connectivity index (χ1) is 21.5. The van der Waals surface area contributed by atoms with Gasteiger partial charge in [-0.25, -0.2) is 8.78 Å². The lowest BCUT2D eigenvalue weighted by molar-refractivity contribution is 0.107. The molecule has 0 saturated carbocycles. The van der Waals surface area contributed by atoms with Crippen molar-refractivity contribution in [2.45, 2.75) is 63.1 Å². The van der Waals surface area contributed by atoms with Crippen LogP contribution in [0.5, 0.6) is 6.01 Å². The van der Waals surface area contributed by atoms with Gasteiger partial charge < -0.3 is 9.64 Å². The SMILES string of the molecule is Fc1c2ncc3c(nc(OC[C@@]45CCCN4C[C@H](F)C5)nc13)N1CCC[C@@H](CSCCCCc3c(Cl)cc4[nH]ncc4c3-2)C1. The number of nitrogens with one attached hydrogen (secondary N) is 1. The number of H-pyrrole nitrogens is 1. The summed E-state index contributed by atoms with van der Waals surface area (Å²) in [5.74, 6) is 2.80. The topological polar surface area (TPSA) is 83.1 Å². The maximum atomic E-state index is 16.9. The highest BCUT2D eigenvalue weighted by Crippen LogP contribution is 2.42. The van der Waals surface area contributed by atoms with Gasteiger partial charge in [0.2, 0.25) is 0 Å². The van der Waals surface area contributed by atoms with Gasteiger partial charge in [0, 0.05) is 48.2 Å². The Kier molecular flexibility index (Phi) is 7.53. The summed E-state index contributed by atoms with van der Waals surface area (Å²) in [7, 11) is 0. The molecule has 0 amide bonds. The van der Waals surface area contributed by atoms with E-state index >= 15 is 4.39 Å². The van der Waals surface area contributed by atoms with E-state index in [0.717, 1.165) is 79.7 Å². The molecule has 44 heavy (non-hydrogen) atoms. The number of piperidine rings is 1. The standard InChI is InChI=1S/C32H36ClF2N7OS/c33-24-11-25-22(14-37-40-25)26-21(24)6-1-2-10-44-17-19-5-3-8-41(15-19)30-23-13-36-29(26)27(35)28(23)38-31(39-30)43-18-32-7-4-9-42(32)16-20(34)12-32/h11,13-14,19-20H,1-10,12,15-18H2,(H,37,40)/t19-,20-,32+/m1/s1. The molecule has 5 aliphatic heterocycles. The molecule has 5 aliphatic rings. The number of anilines is 1. The molecule has 0 aliphatic carbocycles. The van der Waals surface area contributed by atoms with Crippen LogP contribution in [0.2, 0.25) is 5.02 Å². The average molecular weight is 640 g/mol. The molecule has 0 radical (unpaired) electrons. The Morgan fingerprint density at radius 1 is 1.11 bits per heavy atom. The fraction of sp³-hybridized carbons (Fsp3) is 0.562. The minimum atomic E-state index is -0.861. The van der Waals surface area contributed by atoms with Crippen LogP contribution in [-0.2, 0) is 6.42 Å². The number of hydrogen-bond donors (Lipinski definition) is 1. The molecule has 0 unspecified atom stereocenters. The van der Waals surface area contributed by atoms with Crippen LogP contribution in [0.25, 0.3) is 33.1 Å². The lowest BCUT2D eigenvalue weighted by Crippen LogP contribution is -2.43. The largest absolute Gasteiger partial charge is 0.461 e. The Morgan fingerprint density at radius 3 is 2.98 bits per heavy atom. The first-order valence-electron chi connectivity index (χ1n) is 15.8. The Bertz CT molecular complexity index is 1720. The van der Waals surface area contributed by atoms with Crippen molar-refractivity contribution >= 4 is 51.0 Å². The number of ether oxygens (including phenoxy) is 1. The summed E-state index contributed by atoms with van der Waals surface area (Å²) in [6, 6.07) is 2.00. The van der Waals surface area contributed by atoms with Crippen LogP contribution in [0, 0.1) is 11.7 Å². The van der Waals surface area contributed by atoms with Gasteiger partial charge in [-0.15, -0.1) is 0 Å². The molecule has 8 nitrogen and oxygen atoms in total. The molecule has 0 spiro atoms. The predicted octanol–water partition coefficient (Wildman–Crippen LogP) is 6.60. The highest BCUT2D eigenvalue weighted by atomic mass is 35.5. The summed E-state index contributed by atoms with van der Waals surface area (Å²) >= 11 is 8.86. The van der Waals surface area contributed by atoms with E-state index in [4.69, 9.17) is 31.3 Å². The zero-order valence-electron chi connectivity index (χ0n) is 24.6. The fourth-order valence-corrected chi connectivity index (χ4v) is 9.39. The zero-order chi connectivity index (χ0) is 29.8. The minimum absolute atomic E-state index is 0.129. The average Bonchev–Trinajstić information content (AvgIpc) is 3.72. The normalized spacial score (nSPS) is 26.1. The summed E-state index contributed by atoms with van der Waals surface area (Å²) < 4.78 is 37.8. The maximum Gasteiger partial charge on any atom is 0.319 e. The molecule has 232 valence electrons. The van der Waals surface area contributed by atoms with Crippen molar-refractivity contribution in [2.24, 2.45) is 5.92 Å². The number of hydrogen-bond acceptors (Lipinski definition) is 8. The second-order valence-electron chi connectivity index (χ2n) is 12.9. The molecule has 8 heterocycles. The van der Waals surface area contributed by atoms with Gasteiger partial charge in [0.15, 0.2) is 5.82 Å². The van der Waals surface area contributed by atoms with E-state index in [1.54, 1.807) is 12.4 Å². The third kappa shape index (κ3) is 4.99. The molecular weight excluding hydrogens is 604 g/mol. The number of thioether (sulfide) groups is 1. The third-order valence-corrected chi connectivity index (χ3v) is 11.7. The summed E-state index contributed by atoms with van der Waals surface area (Å²) in [5, 5.41) is 9.14. The quantitative estimate of drug-likeness (QED) is 0.269. The van der Waals surface area contributed by atoms with Gasteiger partial charge in [-0.05, 0) is 80.5 Å². The molecule has 3 atom stereocenters.